The maximum absolute atomic E-state index is 12.3. The lowest BCUT2D eigenvalue weighted by molar-refractivity contribution is -0.126. The molecule has 3 rings (SSSR count). The molecule has 2 aromatic rings. The topological polar surface area (TPSA) is 70.5 Å². The van der Waals surface area contributed by atoms with Crippen molar-refractivity contribution in [2.45, 2.75) is 13.0 Å². The Morgan fingerprint density at radius 1 is 1.17 bits per heavy atom. The van der Waals surface area contributed by atoms with Crippen molar-refractivity contribution in [3.63, 3.8) is 0 Å². The maximum Gasteiger partial charge on any atom is 0.336 e. The number of benzene rings is 1. The third-order valence-electron chi connectivity index (χ3n) is 3.87. The van der Waals surface area contributed by atoms with Gasteiger partial charge in [0.15, 0.2) is 0 Å². The number of fused-ring (bicyclic) bond motifs is 1. The van der Waals surface area contributed by atoms with E-state index in [0.717, 1.165) is 11.3 Å². The van der Waals surface area contributed by atoms with Gasteiger partial charge in [0.2, 0.25) is 5.91 Å². The van der Waals surface area contributed by atoms with Gasteiger partial charge in [-0.05, 0) is 17.7 Å². The molecular weight excluding hydrogens is 292 g/mol. The third kappa shape index (κ3) is 3.29. The van der Waals surface area contributed by atoms with Crippen LogP contribution in [0, 0.1) is 0 Å². The number of carboxylic acids is 1. The molecule has 5 heteroatoms. The van der Waals surface area contributed by atoms with E-state index in [1.807, 2.05) is 30.3 Å². The van der Waals surface area contributed by atoms with Crippen molar-refractivity contribution in [1.82, 2.24) is 9.88 Å². The standard InChI is InChI=1S/C18H16N2O3/c21-17(7-6-13-4-2-1-3-5-13)20-11-9-16-15(12-20)14(18(22)23)8-10-19-16/h1-8,10H,9,11-12H2,(H,22,23)/b7-6+. The number of hydrogen-bond acceptors (Lipinski definition) is 3. The van der Waals surface area contributed by atoms with Crippen molar-refractivity contribution in [3.8, 4) is 0 Å². The summed E-state index contributed by atoms with van der Waals surface area (Å²) in [5.74, 6) is -1.11. The predicted octanol–water partition coefficient (Wildman–Crippen LogP) is 2.38. The van der Waals surface area contributed by atoms with Crippen LogP contribution in [0.3, 0.4) is 0 Å². The summed E-state index contributed by atoms with van der Waals surface area (Å²) in [7, 11) is 0. The van der Waals surface area contributed by atoms with Crippen molar-refractivity contribution in [1.29, 1.82) is 0 Å². The van der Waals surface area contributed by atoms with Crippen molar-refractivity contribution < 1.29 is 14.7 Å². The molecular formula is C18H16N2O3. The van der Waals surface area contributed by atoms with Gasteiger partial charge in [-0.25, -0.2) is 4.79 Å². The van der Waals surface area contributed by atoms with E-state index in [4.69, 9.17) is 0 Å². The molecule has 0 unspecified atom stereocenters. The molecule has 0 radical (unpaired) electrons. The van der Waals surface area contributed by atoms with Crippen molar-refractivity contribution >= 4 is 18.0 Å². The number of carbonyl (C=O) groups excluding carboxylic acids is 1. The summed E-state index contributed by atoms with van der Waals surface area (Å²) < 4.78 is 0. The largest absolute Gasteiger partial charge is 0.478 e. The van der Waals surface area contributed by atoms with Gasteiger partial charge in [-0.3, -0.25) is 9.78 Å². The number of carbonyl (C=O) groups is 2. The highest BCUT2D eigenvalue weighted by Crippen LogP contribution is 2.21. The monoisotopic (exact) mass is 308 g/mol. The van der Waals surface area contributed by atoms with Crippen LogP contribution in [0.25, 0.3) is 6.08 Å². The smallest absolute Gasteiger partial charge is 0.336 e. The van der Waals surface area contributed by atoms with Crippen molar-refractivity contribution in [2.75, 3.05) is 6.54 Å². The summed E-state index contributed by atoms with van der Waals surface area (Å²) in [6.07, 6.45) is 5.37. The van der Waals surface area contributed by atoms with E-state index in [2.05, 4.69) is 4.98 Å². The number of aromatic carboxylic acids is 1. The molecule has 1 aromatic carbocycles. The van der Waals surface area contributed by atoms with Crippen LogP contribution in [0.15, 0.2) is 48.7 Å². The highest BCUT2D eigenvalue weighted by atomic mass is 16.4. The fourth-order valence-electron chi connectivity index (χ4n) is 2.66. The molecule has 23 heavy (non-hydrogen) atoms. The average Bonchev–Trinajstić information content (AvgIpc) is 2.59. The number of pyridine rings is 1. The first kappa shape index (κ1) is 15.0. The average molecular weight is 308 g/mol. The summed E-state index contributed by atoms with van der Waals surface area (Å²) >= 11 is 0. The van der Waals surface area contributed by atoms with Crippen LogP contribution in [-0.4, -0.2) is 33.4 Å². The first-order valence-corrected chi connectivity index (χ1v) is 7.37. The van der Waals surface area contributed by atoms with Gasteiger partial charge in [-0.2, -0.15) is 0 Å². The fraction of sp³-hybridized carbons (Fsp3) is 0.167. The fourth-order valence-corrected chi connectivity index (χ4v) is 2.66. The molecule has 116 valence electrons. The zero-order valence-electron chi connectivity index (χ0n) is 12.5. The Morgan fingerprint density at radius 3 is 2.70 bits per heavy atom. The van der Waals surface area contributed by atoms with Crippen LogP contribution in [0.1, 0.15) is 27.2 Å². The van der Waals surface area contributed by atoms with Gasteiger partial charge >= 0.3 is 5.97 Å². The molecule has 0 fully saturated rings. The Kier molecular flexibility index (Phi) is 4.19. The molecule has 0 atom stereocenters. The van der Waals surface area contributed by atoms with Crippen LogP contribution in [0.4, 0.5) is 0 Å². The molecule has 0 aliphatic carbocycles. The summed E-state index contributed by atoms with van der Waals surface area (Å²) in [5, 5.41) is 9.27. The summed E-state index contributed by atoms with van der Waals surface area (Å²) in [5.41, 5.74) is 2.57. The minimum absolute atomic E-state index is 0.125. The SMILES string of the molecule is O=C(O)c1ccnc2c1CN(C(=O)/C=C/c1ccccc1)CC2. The Hall–Kier alpha value is -2.95. The highest BCUT2D eigenvalue weighted by molar-refractivity contribution is 5.93. The van der Waals surface area contributed by atoms with Gasteiger partial charge in [-0.15, -0.1) is 0 Å². The summed E-state index contributed by atoms with van der Waals surface area (Å²) in [4.78, 5) is 29.5. The molecule has 1 N–H and O–H groups in total. The van der Waals surface area contributed by atoms with Crippen LogP contribution in [-0.2, 0) is 17.8 Å². The lowest BCUT2D eigenvalue weighted by atomic mass is 10.00. The first-order chi connectivity index (χ1) is 11.1. The van der Waals surface area contributed by atoms with Gasteiger partial charge in [0.1, 0.15) is 0 Å². The van der Waals surface area contributed by atoms with E-state index in [9.17, 15) is 14.7 Å². The Bertz CT molecular complexity index is 769. The number of amides is 1. The predicted molar refractivity (Wildman–Crippen MR) is 85.8 cm³/mol. The zero-order chi connectivity index (χ0) is 16.2. The Labute approximate surface area is 133 Å². The minimum Gasteiger partial charge on any atom is -0.478 e. The number of nitrogens with zero attached hydrogens (tertiary/aromatic N) is 2. The molecule has 5 nitrogen and oxygen atoms in total. The summed E-state index contributed by atoms with van der Waals surface area (Å²) in [6, 6.07) is 11.1. The second-order valence-corrected chi connectivity index (χ2v) is 5.34. The normalized spacial score (nSPS) is 13.8. The molecule has 0 saturated heterocycles. The van der Waals surface area contributed by atoms with Crippen molar-refractivity contribution in [2.24, 2.45) is 0 Å². The van der Waals surface area contributed by atoms with E-state index in [1.165, 1.54) is 18.3 Å². The molecule has 1 aliphatic rings. The zero-order valence-corrected chi connectivity index (χ0v) is 12.5. The number of hydrogen-bond donors (Lipinski definition) is 1. The second-order valence-electron chi connectivity index (χ2n) is 5.34. The van der Waals surface area contributed by atoms with E-state index in [-0.39, 0.29) is 18.0 Å². The van der Waals surface area contributed by atoms with Gasteiger partial charge in [0.25, 0.3) is 0 Å². The Balaban J connectivity index is 1.78. The van der Waals surface area contributed by atoms with E-state index in [1.54, 1.807) is 11.0 Å². The van der Waals surface area contributed by atoms with Crippen LogP contribution in [0.5, 0.6) is 0 Å². The lowest BCUT2D eigenvalue weighted by Crippen LogP contribution is -2.36. The van der Waals surface area contributed by atoms with Gasteiger partial charge in [-0.1, -0.05) is 30.3 Å². The van der Waals surface area contributed by atoms with Gasteiger partial charge in [0.05, 0.1) is 5.56 Å². The van der Waals surface area contributed by atoms with Crippen LogP contribution >= 0.6 is 0 Å². The molecule has 1 aromatic heterocycles. The Morgan fingerprint density at radius 2 is 1.96 bits per heavy atom. The molecule has 0 bridgehead atoms. The summed E-state index contributed by atoms with van der Waals surface area (Å²) in [6.45, 7) is 0.823. The molecule has 1 aliphatic heterocycles. The quantitative estimate of drug-likeness (QED) is 0.884. The first-order valence-electron chi connectivity index (χ1n) is 7.37. The molecule has 0 spiro atoms. The number of carboxylic acid groups (broad SMARTS) is 1. The second kappa shape index (κ2) is 6.44. The van der Waals surface area contributed by atoms with Gasteiger partial charge < -0.3 is 10.0 Å². The number of aromatic nitrogens is 1. The third-order valence-corrected chi connectivity index (χ3v) is 3.87. The van der Waals surface area contributed by atoms with Crippen LogP contribution in [0.2, 0.25) is 0 Å². The van der Waals surface area contributed by atoms with Crippen LogP contribution < -0.4 is 0 Å². The molecule has 2 heterocycles. The van der Waals surface area contributed by atoms with E-state index in [0.29, 0.717) is 18.5 Å². The number of rotatable bonds is 3. The molecule has 1 amide bonds. The molecule has 0 saturated carbocycles. The van der Waals surface area contributed by atoms with E-state index >= 15 is 0 Å². The highest BCUT2D eigenvalue weighted by Gasteiger charge is 2.24. The van der Waals surface area contributed by atoms with E-state index < -0.39 is 5.97 Å². The minimum atomic E-state index is -0.988. The maximum atomic E-state index is 12.3. The lowest BCUT2D eigenvalue weighted by Gasteiger charge is -2.28. The van der Waals surface area contributed by atoms with Crippen molar-refractivity contribution in [3.05, 3.63) is 71.1 Å². The van der Waals surface area contributed by atoms with Gasteiger partial charge in [0, 0.05) is 43.0 Å².